The molecule has 0 radical (unpaired) electrons. The van der Waals surface area contributed by atoms with Crippen molar-refractivity contribution in [1.29, 1.82) is 0 Å². The summed E-state index contributed by atoms with van der Waals surface area (Å²) in [5.41, 5.74) is 6.10. The zero-order chi connectivity index (χ0) is 12.0. The first-order valence-electron chi connectivity index (χ1n) is 5.96. The fourth-order valence-corrected chi connectivity index (χ4v) is 3.06. The third-order valence-corrected chi connectivity index (χ3v) is 3.91. The molecule has 2 fully saturated rings. The van der Waals surface area contributed by atoms with Crippen molar-refractivity contribution in [3.8, 4) is 0 Å². The Kier molecular flexibility index (Phi) is 2.45. The Balaban J connectivity index is 1.85. The average molecular weight is 239 g/mol. The van der Waals surface area contributed by atoms with E-state index >= 15 is 0 Å². The number of hydrogen-bond donors (Lipinski definition) is 1. The van der Waals surface area contributed by atoms with Gasteiger partial charge in [0.2, 0.25) is 0 Å². The Morgan fingerprint density at radius 2 is 2.18 bits per heavy atom. The average Bonchev–Trinajstić information content (AvgIpc) is 2.84. The molecule has 2 aliphatic heterocycles. The fourth-order valence-electron chi connectivity index (χ4n) is 3.06. The molecule has 92 valence electrons. The molecule has 2 heterocycles. The van der Waals surface area contributed by atoms with Crippen molar-refractivity contribution in [2.24, 2.45) is 5.73 Å². The van der Waals surface area contributed by atoms with Crippen LogP contribution in [0.4, 0.5) is 8.78 Å². The molecule has 0 aliphatic carbocycles. The van der Waals surface area contributed by atoms with E-state index in [1.165, 1.54) is 6.07 Å². The van der Waals surface area contributed by atoms with Crippen LogP contribution in [-0.2, 0) is 11.2 Å². The minimum Gasteiger partial charge on any atom is -0.373 e. The summed E-state index contributed by atoms with van der Waals surface area (Å²) in [7, 11) is 0. The Morgan fingerprint density at radius 3 is 2.82 bits per heavy atom. The van der Waals surface area contributed by atoms with Crippen LogP contribution in [0.1, 0.15) is 24.8 Å². The van der Waals surface area contributed by atoms with Gasteiger partial charge < -0.3 is 10.5 Å². The minimum absolute atomic E-state index is 0.00447. The van der Waals surface area contributed by atoms with Crippen LogP contribution in [0.3, 0.4) is 0 Å². The number of fused-ring (bicyclic) bond motifs is 2. The molecule has 0 saturated carbocycles. The minimum atomic E-state index is -0.810. The maximum Gasteiger partial charge on any atom is 0.162 e. The highest BCUT2D eigenvalue weighted by Gasteiger charge is 2.50. The van der Waals surface area contributed by atoms with Crippen LogP contribution in [0.5, 0.6) is 0 Å². The van der Waals surface area contributed by atoms with Crippen molar-refractivity contribution in [3.63, 3.8) is 0 Å². The molecular weight excluding hydrogens is 224 g/mol. The quantitative estimate of drug-likeness (QED) is 0.858. The number of benzene rings is 1. The molecule has 2 aliphatic rings. The highest BCUT2D eigenvalue weighted by atomic mass is 19.2. The summed E-state index contributed by atoms with van der Waals surface area (Å²) in [6, 6.07) is 4.24. The number of halogens is 2. The van der Waals surface area contributed by atoms with Crippen LogP contribution in [-0.4, -0.2) is 17.7 Å². The Morgan fingerprint density at radius 1 is 1.35 bits per heavy atom. The number of rotatable bonds is 2. The number of hydrogen-bond acceptors (Lipinski definition) is 2. The largest absolute Gasteiger partial charge is 0.373 e. The summed E-state index contributed by atoms with van der Waals surface area (Å²) in [5, 5.41) is 0. The van der Waals surface area contributed by atoms with E-state index in [0.29, 0.717) is 12.0 Å². The van der Waals surface area contributed by atoms with Crippen LogP contribution >= 0.6 is 0 Å². The van der Waals surface area contributed by atoms with Crippen molar-refractivity contribution in [3.05, 3.63) is 35.4 Å². The van der Waals surface area contributed by atoms with Crippen LogP contribution in [0, 0.1) is 11.6 Å². The Labute approximate surface area is 98.8 Å². The lowest BCUT2D eigenvalue weighted by molar-refractivity contribution is 0.0854. The molecule has 1 aromatic carbocycles. The van der Waals surface area contributed by atoms with E-state index in [0.717, 1.165) is 25.3 Å². The standard InChI is InChI=1S/C13H15F2NO/c14-10-3-1-2-8(12(10)15)6-13(16)7-9-4-5-11(13)17-9/h1-3,9,11H,4-7,16H2. The molecule has 3 atom stereocenters. The molecule has 3 unspecified atom stereocenters. The summed E-state index contributed by atoms with van der Waals surface area (Å²) in [6.07, 6.45) is 3.26. The van der Waals surface area contributed by atoms with Crippen molar-refractivity contribution in [2.45, 2.75) is 43.4 Å². The van der Waals surface area contributed by atoms with Crippen LogP contribution in [0.2, 0.25) is 0 Å². The van der Waals surface area contributed by atoms with Gasteiger partial charge in [0.1, 0.15) is 0 Å². The third kappa shape index (κ3) is 1.76. The van der Waals surface area contributed by atoms with Gasteiger partial charge in [0.15, 0.2) is 11.6 Å². The maximum atomic E-state index is 13.6. The molecule has 0 spiro atoms. The molecule has 3 rings (SSSR count). The summed E-state index contributed by atoms with van der Waals surface area (Å²) >= 11 is 0. The molecule has 0 aromatic heterocycles. The monoisotopic (exact) mass is 239 g/mol. The van der Waals surface area contributed by atoms with Gasteiger partial charge >= 0.3 is 0 Å². The van der Waals surface area contributed by atoms with Crippen molar-refractivity contribution < 1.29 is 13.5 Å². The summed E-state index contributed by atoms with van der Waals surface area (Å²) < 4.78 is 32.4. The molecule has 4 heteroatoms. The van der Waals surface area contributed by atoms with E-state index < -0.39 is 17.2 Å². The molecule has 1 aromatic rings. The predicted molar refractivity (Wildman–Crippen MR) is 59.5 cm³/mol. The SMILES string of the molecule is NC1(Cc2cccc(F)c2F)CC2CCC1O2. The third-order valence-electron chi connectivity index (χ3n) is 3.91. The predicted octanol–water partition coefficient (Wildman–Crippen LogP) is 2.16. The summed E-state index contributed by atoms with van der Waals surface area (Å²) in [6.45, 7) is 0. The number of ether oxygens (including phenoxy) is 1. The maximum absolute atomic E-state index is 13.6. The smallest absolute Gasteiger partial charge is 0.162 e. The highest BCUT2D eigenvalue weighted by Crippen LogP contribution is 2.42. The molecule has 2 N–H and O–H groups in total. The zero-order valence-corrected chi connectivity index (χ0v) is 9.46. The van der Waals surface area contributed by atoms with Crippen LogP contribution in [0.15, 0.2) is 18.2 Å². The lowest BCUT2D eigenvalue weighted by Gasteiger charge is -2.31. The van der Waals surface area contributed by atoms with Gasteiger partial charge in [-0.3, -0.25) is 0 Å². The van der Waals surface area contributed by atoms with Gasteiger partial charge in [-0.05, 0) is 37.3 Å². The van der Waals surface area contributed by atoms with Crippen LogP contribution < -0.4 is 5.73 Å². The second-order valence-corrected chi connectivity index (χ2v) is 5.15. The molecule has 17 heavy (non-hydrogen) atoms. The van der Waals surface area contributed by atoms with E-state index in [1.54, 1.807) is 6.07 Å². The molecule has 0 amide bonds. The lowest BCUT2D eigenvalue weighted by atomic mass is 9.78. The van der Waals surface area contributed by atoms with Gasteiger partial charge in [-0.1, -0.05) is 12.1 Å². The second kappa shape index (κ2) is 3.75. The van der Waals surface area contributed by atoms with Gasteiger partial charge in [0, 0.05) is 5.54 Å². The van der Waals surface area contributed by atoms with Crippen molar-refractivity contribution in [2.75, 3.05) is 0 Å². The second-order valence-electron chi connectivity index (χ2n) is 5.15. The topological polar surface area (TPSA) is 35.2 Å². The first kappa shape index (κ1) is 11.1. The first-order valence-corrected chi connectivity index (χ1v) is 5.96. The Hall–Kier alpha value is -1.00. The lowest BCUT2D eigenvalue weighted by Crippen LogP contribution is -2.50. The van der Waals surface area contributed by atoms with E-state index in [4.69, 9.17) is 10.5 Å². The van der Waals surface area contributed by atoms with Gasteiger partial charge in [-0.25, -0.2) is 8.78 Å². The normalized spacial score (nSPS) is 35.5. The first-order chi connectivity index (χ1) is 8.08. The van der Waals surface area contributed by atoms with Gasteiger partial charge in [0.25, 0.3) is 0 Å². The van der Waals surface area contributed by atoms with E-state index in [-0.39, 0.29) is 12.2 Å². The fraction of sp³-hybridized carbons (Fsp3) is 0.538. The summed E-state index contributed by atoms with van der Waals surface area (Å²) in [4.78, 5) is 0. The van der Waals surface area contributed by atoms with Gasteiger partial charge in [0.05, 0.1) is 12.2 Å². The van der Waals surface area contributed by atoms with Crippen LogP contribution in [0.25, 0.3) is 0 Å². The Bertz CT molecular complexity index is 451. The summed E-state index contributed by atoms with van der Waals surface area (Å²) in [5.74, 6) is -1.59. The van der Waals surface area contributed by atoms with Crippen molar-refractivity contribution in [1.82, 2.24) is 0 Å². The molecule has 2 saturated heterocycles. The van der Waals surface area contributed by atoms with E-state index in [1.807, 2.05) is 0 Å². The molecule has 2 nitrogen and oxygen atoms in total. The van der Waals surface area contributed by atoms with Gasteiger partial charge in [-0.15, -0.1) is 0 Å². The highest BCUT2D eigenvalue weighted by molar-refractivity contribution is 5.23. The van der Waals surface area contributed by atoms with E-state index in [9.17, 15) is 8.78 Å². The number of nitrogens with two attached hydrogens (primary N) is 1. The van der Waals surface area contributed by atoms with E-state index in [2.05, 4.69) is 0 Å². The zero-order valence-electron chi connectivity index (χ0n) is 9.46. The molecule has 2 bridgehead atoms. The van der Waals surface area contributed by atoms with Gasteiger partial charge in [-0.2, -0.15) is 0 Å². The van der Waals surface area contributed by atoms with Crippen molar-refractivity contribution >= 4 is 0 Å². The molecular formula is C13H15F2NO.